The summed E-state index contributed by atoms with van der Waals surface area (Å²) < 4.78 is 5.14. The number of nitrogens with zero attached hydrogens (tertiary/aromatic N) is 3. The van der Waals surface area contributed by atoms with E-state index in [4.69, 9.17) is 10.00 Å². The molecule has 0 aliphatic carbocycles. The molecule has 0 fully saturated rings. The number of amides is 1. The second-order valence-electron chi connectivity index (χ2n) is 5.64. The maximum absolute atomic E-state index is 12.4. The lowest BCUT2D eigenvalue weighted by Gasteiger charge is -2.10. The number of carbonyl (C=O) groups is 1. The van der Waals surface area contributed by atoms with Crippen molar-refractivity contribution in [3.05, 3.63) is 54.1 Å². The van der Waals surface area contributed by atoms with E-state index in [2.05, 4.69) is 20.5 Å². The average Bonchev–Trinajstić information content (AvgIpc) is 3.16. The first kappa shape index (κ1) is 18.5. The third kappa shape index (κ3) is 4.65. The van der Waals surface area contributed by atoms with Crippen LogP contribution in [-0.4, -0.2) is 33.4 Å². The Kier molecular flexibility index (Phi) is 5.74. The second kappa shape index (κ2) is 8.38. The first-order chi connectivity index (χ1) is 13.1. The van der Waals surface area contributed by atoms with E-state index in [1.54, 1.807) is 38.3 Å². The van der Waals surface area contributed by atoms with Crippen LogP contribution in [0.25, 0.3) is 11.4 Å². The molecule has 27 heavy (non-hydrogen) atoms. The van der Waals surface area contributed by atoms with E-state index in [1.807, 2.05) is 30.3 Å². The van der Waals surface area contributed by atoms with Gasteiger partial charge in [0.15, 0.2) is 5.82 Å². The van der Waals surface area contributed by atoms with Crippen LogP contribution < -0.4 is 10.1 Å². The molecular formula is C19H17N5O2S. The molecule has 3 rings (SSSR count). The minimum atomic E-state index is -0.407. The number of carbonyl (C=O) groups excluding carboxylic acids is 1. The fourth-order valence-electron chi connectivity index (χ4n) is 2.30. The highest BCUT2D eigenvalue weighted by Gasteiger charge is 2.18. The van der Waals surface area contributed by atoms with E-state index in [-0.39, 0.29) is 5.91 Å². The smallest absolute Gasteiger partial charge is 0.237 e. The van der Waals surface area contributed by atoms with Gasteiger partial charge in [-0.3, -0.25) is 9.89 Å². The summed E-state index contributed by atoms with van der Waals surface area (Å²) in [5.41, 5.74) is 1.95. The number of aromatic nitrogens is 3. The molecule has 1 atom stereocenters. The number of nitrogens with one attached hydrogen (secondary N) is 2. The number of benzene rings is 2. The van der Waals surface area contributed by atoms with Gasteiger partial charge < -0.3 is 10.1 Å². The van der Waals surface area contributed by atoms with Crippen molar-refractivity contribution in [1.82, 2.24) is 15.2 Å². The standard InChI is InChI=1S/C19H17N5O2S/c1-12(18(25)21-15-5-3-4-13(10-15)11-20)27-19-22-17(23-24-19)14-6-8-16(26-2)9-7-14/h3-10,12H,1-2H3,(H,21,25)(H,22,23,24). The summed E-state index contributed by atoms with van der Waals surface area (Å²) in [6, 6.07) is 16.3. The molecule has 0 spiro atoms. The average molecular weight is 379 g/mol. The Morgan fingerprint density at radius 2 is 2.07 bits per heavy atom. The lowest BCUT2D eigenvalue weighted by atomic mass is 10.2. The number of ether oxygens (including phenoxy) is 1. The summed E-state index contributed by atoms with van der Waals surface area (Å²) in [6.45, 7) is 1.78. The van der Waals surface area contributed by atoms with E-state index >= 15 is 0 Å². The topological polar surface area (TPSA) is 104 Å². The Morgan fingerprint density at radius 3 is 2.78 bits per heavy atom. The van der Waals surface area contributed by atoms with Crippen molar-refractivity contribution < 1.29 is 9.53 Å². The Labute approximate surface area is 160 Å². The number of methoxy groups -OCH3 is 1. The van der Waals surface area contributed by atoms with Crippen LogP contribution in [0.4, 0.5) is 5.69 Å². The maximum atomic E-state index is 12.4. The van der Waals surface area contributed by atoms with Crippen molar-refractivity contribution in [2.45, 2.75) is 17.3 Å². The summed E-state index contributed by atoms with van der Waals surface area (Å²) in [5, 5.41) is 18.8. The molecule has 0 saturated heterocycles. The largest absolute Gasteiger partial charge is 0.497 e. The molecule has 2 N–H and O–H groups in total. The van der Waals surface area contributed by atoms with E-state index < -0.39 is 5.25 Å². The van der Waals surface area contributed by atoms with Gasteiger partial charge in [-0.05, 0) is 49.4 Å². The summed E-state index contributed by atoms with van der Waals surface area (Å²) in [6.07, 6.45) is 0. The van der Waals surface area contributed by atoms with Gasteiger partial charge in [-0.15, -0.1) is 5.10 Å². The lowest BCUT2D eigenvalue weighted by Crippen LogP contribution is -2.22. The number of aromatic amines is 1. The first-order valence-electron chi connectivity index (χ1n) is 8.13. The monoisotopic (exact) mass is 379 g/mol. The van der Waals surface area contributed by atoms with Crippen molar-refractivity contribution in [2.24, 2.45) is 0 Å². The fraction of sp³-hybridized carbons (Fsp3) is 0.158. The maximum Gasteiger partial charge on any atom is 0.237 e. The summed E-state index contributed by atoms with van der Waals surface area (Å²) in [4.78, 5) is 16.8. The molecule has 0 bridgehead atoms. The zero-order chi connectivity index (χ0) is 19.2. The number of nitriles is 1. The lowest BCUT2D eigenvalue weighted by molar-refractivity contribution is -0.115. The third-order valence-electron chi connectivity index (χ3n) is 3.74. The molecule has 1 amide bonds. The zero-order valence-corrected chi connectivity index (χ0v) is 15.6. The number of rotatable bonds is 6. The Morgan fingerprint density at radius 1 is 1.30 bits per heavy atom. The van der Waals surface area contributed by atoms with Crippen LogP contribution in [0, 0.1) is 11.3 Å². The van der Waals surface area contributed by atoms with Gasteiger partial charge in [0, 0.05) is 11.3 Å². The molecule has 0 saturated carbocycles. The van der Waals surface area contributed by atoms with Gasteiger partial charge in [0.05, 0.1) is 24.0 Å². The summed E-state index contributed by atoms with van der Waals surface area (Å²) in [5.74, 6) is 1.19. The van der Waals surface area contributed by atoms with Gasteiger partial charge >= 0.3 is 0 Å². The molecule has 0 radical (unpaired) electrons. The summed E-state index contributed by atoms with van der Waals surface area (Å²) >= 11 is 1.25. The molecule has 8 heteroatoms. The van der Waals surface area contributed by atoms with Crippen LogP contribution in [0.1, 0.15) is 12.5 Å². The van der Waals surface area contributed by atoms with Crippen molar-refractivity contribution in [2.75, 3.05) is 12.4 Å². The number of thioether (sulfide) groups is 1. The number of hydrogen-bond acceptors (Lipinski definition) is 6. The van der Waals surface area contributed by atoms with E-state index in [9.17, 15) is 4.79 Å². The molecule has 136 valence electrons. The normalized spacial score (nSPS) is 11.4. The van der Waals surface area contributed by atoms with Crippen LogP contribution >= 0.6 is 11.8 Å². The summed E-state index contributed by atoms with van der Waals surface area (Å²) in [7, 11) is 1.61. The van der Waals surface area contributed by atoms with Gasteiger partial charge in [0.2, 0.25) is 11.1 Å². The van der Waals surface area contributed by atoms with Crippen molar-refractivity contribution in [3.63, 3.8) is 0 Å². The molecule has 1 heterocycles. The quantitative estimate of drug-likeness (QED) is 0.636. The molecule has 0 aliphatic rings. The molecular weight excluding hydrogens is 362 g/mol. The number of hydrogen-bond donors (Lipinski definition) is 2. The Bertz CT molecular complexity index is 978. The van der Waals surface area contributed by atoms with Crippen LogP contribution in [0.2, 0.25) is 0 Å². The minimum absolute atomic E-state index is 0.189. The van der Waals surface area contributed by atoms with Crippen LogP contribution in [-0.2, 0) is 4.79 Å². The number of anilines is 1. The minimum Gasteiger partial charge on any atom is -0.497 e. The van der Waals surface area contributed by atoms with Gasteiger partial charge in [0.1, 0.15) is 5.75 Å². The molecule has 3 aromatic rings. The highest BCUT2D eigenvalue weighted by Crippen LogP contribution is 2.24. The molecule has 1 aromatic heterocycles. The van der Waals surface area contributed by atoms with E-state index in [0.717, 1.165) is 11.3 Å². The zero-order valence-electron chi connectivity index (χ0n) is 14.8. The SMILES string of the molecule is COc1ccc(-c2nc(SC(C)C(=O)Nc3cccc(C#N)c3)n[nH]2)cc1. The molecule has 2 aromatic carbocycles. The molecule has 1 unspecified atom stereocenters. The van der Waals surface area contributed by atoms with Crippen molar-refractivity contribution in [1.29, 1.82) is 5.26 Å². The van der Waals surface area contributed by atoms with Gasteiger partial charge in [-0.1, -0.05) is 17.8 Å². The van der Waals surface area contributed by atoms with Crippen LogP contribution in [0.5, 0.6) is 5.75 Å². The van der Waals surface area contributed by atoms with Gasteiger partial charge in [-0.2, -0.15) is 5.26 Å². The highest BCUT2D eigenvalue weighted by molar-refractivity contribution is 8.00. The Balaban J connectivity index is 1.63. The molecule has 0 aliphatic heterocycles. The number of H-pyrrole nitrogens is 1. The van der Waals surface area contributed by atoms with Crippen LogP contribution in [0.15, 0.2) is 53.7 Å². The van der Waals surface area contributed by atoms with Crippen molar-refractivity contribution >= 4 is 23.4 Å². The predicted molar refractivity (Wildman–Crippen MR) is 103 cm³/mol. The third-order valence-corrected chi connectivity index (χ3v) is 4.70. The highest BCUT2D eigenvalue weighted by atomic mass is 32.2. The van der Waals surface area contributed by atoms with E-state index in [0.29, 0.717) is 22.2 Å². The van der Waals surface area contributed by atoms with E-state index in [1.165, 1.54) is 11.8 Å². The van der Waals surface area contributed by atoms with Crippen molar-refractivity contribution in [3.8, 4) is 23.2 Å². The van der Waals surface area contributed by atoms with Gasteiger partial charge in [0.25, 0.3) is 0 Å². The van der Waals surface area contributed by atoms with Crippen LogP contribution in [0.3, 0.4) is 0 Å². The molecule has 7 nitrogen and oxygen atoms in total. The van der Waals surface area contributed by atoms with Gasteiger partial charge in [-0.25, -0.2) is 4.98 Å². The first-order valence-corrected chi connectivity index (χ1v) is 9.01. The Hall–Kier alpha value is -3.31. The second-order valence-corrected chi connectivity index (χ2v) is 6.94. The fourth-order valence-corrected chi connectivity index (χ4v) is 3.02. The predicted octanol–water partition coefficient (Wildman–Crippen LogP) is 3.47.